The van der Waals surface area contributed by atoms with Gasteiger partial charge in [0.25, 0.3) is 17.7 Å². The molecule has 0 saturated carbocycles. The van der Waals surface area contributed by atoms with Gasteiger partial charge in [0.1, 0.15) is 17.3 Å². The maximum atomic E-state index is 13.8. The smallest absolute Gasteiger partial charge is 0.271 e. The first-order chi connectivity index (χ1) is 16.4. The number of nitrogens with zero attached hydrogens (tertiary/aromatic N) is 2. The number of anilines is 1. The van der Waals surface area contributed by atoms with Crippen LogP contribution in [0.25, 0.3) is 10.1 Å². The summed E-state index contributed by atoms with van der Waals surface area (Å²) in [7, 11) is 1.55. The number of imide groups is 1. The molecule has 5 rings (SSSR count). The minimum Gasteiger partial charge on any atom is -0.497 e. The van der Waals surface area contributed by atoms with Gasteiger partial charge in [-0.1, -0.05) is 35.9 Å². The summed E-state index contributed by atoms with van der Waals surface area (Å²) in [5, 5.41) is 1.14. The predicted octanol–water partition coefficient (Wildman–Crippen LogP) is 5.77. The summed E-state index contributed by atoms with van der Waals surface area (Å²) in [6.45, 7) is 1.72. The van der Waals surface area contributed by atoms with Crippen molar-refractivity contribution in [2.45, 2.75) is 6.92 Å². The van der Waals surface area contributed by atoms with Gasteiger partial charge >= 0.3 is 0 Å². The second-order valence-electron chi connectivity index (χ2n) is 7.90. The van der Waals surface area contributed by atoms with Crippen molar-refractivity contribution in [3.05, 3.63) is 93.3 Å². The molecule has 0 aliphatic carbocycles. The highest BCUT2D eigenvalue weighted by atomic mass is 35.5. The van der Waals surface area contributed by atoms with Crippen LogP contribution in [-0.4, -0.2) is 36.4 Å². The Bertz CT molecular complexity index is 1430. The summed E-state index contributed by atoms with van der Waals surface area (Å²) in [4.78, 5) is 42.6. The van der Waals surface area contributed by atoms with Crippen LogP contribution in [0.4, 0.5) is 5.69 Å². The van der Waals surface area contributed by atoms with E-state index in [0.29, 0.717) is 32.5 Å². The van der Waals surface area contributed by atoms with Gasteiger partial charge in [0, 0.05) is 15.8 Å². The Kier molecular flexibility index (Phi) is 5.59. The van der Waals surface area contributed by atoms with E-state index in [2.05, 4.69) is 0 Å². The van der Waals surface area contributed by atoms with Crippen LogP contribution >= 0.6 is 22.9 Å². The summed E-state index contributed by atoms with van der Waals surface area (Å²) in [6, 6.07) is 19.3. The Morgan fingerprint density at radius 2 is 1.65 bits per heavy atom. The number of methoxy groups -OCH3 is 1. The fourth-order valence-corrected chi connectivity index (χ4v) is 5.53. The Hall–Kier alpha value is -3.68. The van der Waals surface area contributed by atoms with E-state index in [1.165, 1.54) is 16.2 Å². The third-order valence-electron chi connectivity index (χ3n) is 5.77. The number of carbonyl (C=O) groups is 3. The van der Waals surface area contributed by atoms with Gasteiger partial charge in [0.15, 0.2) is 0 Å². The normalized spacial score (nSPS) is 12.9. The van der Waals surface area contributed by atoms with Crippen LogP contribution in [0.3, 0.4) is 0 Å². The number of rotatable bonds is 5. The van der Waals surface area contributed by atoms with Crippen molar-refractivity contribution >= 4 is 56.4 Å². The zero-order valence-corrected chi connectivity index (χ0v) is 19.9. The van der Waals surface area contributed by atoms with Gasteiger partial charge < -0.3 is 4.74 Å². The van der Waals surface area contributed by atoms with Gasteiger partial charge in [0.2, 0.25) is 0 Å². The minimum absolute atomic E-state index is 0.249. The van der Waals surface area contributed by atoms with Crippen LogP contribution in [0.1, 0.15) is 36.0 Å². The second-order valence-corrected chi connectivity index (χ2v) is 9.33. The lowest BCUT2D eigenvalue weighted by molar-refractivity contribution is 0.0650. The molecule has 3 amide bonds. The highest BCUT2D eigenvalue weighted by molar-refractivity contribution is 7.21. The summed E-state index contributed by atoms with van der Waals surface area (Å²) in [6.07, 6.45) is 0. The van der Waals surface area contributed by atoms with Crippen molar-refractivity contribution < 1.29 is 19.1 Å². The maximum absolute atomic E-state index is 13.8. The molecule has 0 saturated heterocycles. The molecule has 0 radical (unpaired) electrons. The van der Waals surface area contributed by atoms with Gasteiger partial charge in [0.05, 0.1) is 23.3 Å². The van der Waals surface area contributed by atoms with Crippen LogP contribution in [0, 0.1) is 6.92 Å². The fraction of sp³-hybridized carbons (Fsp3) is 0.115. The maximum Gasteiger partial charge on any atom is 0.271 e. The number of hydrogen-bond donors (Lipinski definition) is 0. The van der Waals surface area contributed by atoms with Gasteiger partial charge in [-0.2, -0.15) is 0 Å². The van der Waals surface area contributed by atoms with Crippen LogP contribution in [-0.2, 0) is 0 Å². The zero-order chi connectivity index (χ0) is 24.0. The van der Waals surface area contributed by atoms with Crippen LogP contribution in [0.2, 0.25) is 5.02 Å². The summed E-state index contributed by atoms with van der Waals surface area (Å²) in [5.74, 6) is -0.659. The largest absolute Gasteiger partial charge is 0.497 e. The Balaban J connectivity index is 1.57. The Labute approximate surface area is 204 Å². The molecule has 0 fully saturated rings. The molecule has 0 unspecified atom stereocenters. The quantitative estimate of drug-likeness (QED) is 0.333. The van der Waals surface area contributed by atoms with Crippen molar-refractivity contribution in [2.75, 3.05) is 18.7 Å². The molecular formula is C26H19ClN2O4S. The van der Waals surface area contributed by atoms with Crippen molar-refractivity contribution in [1.82, 2.24) is 4.90 Å². The summed E-state index contributed by atoms with van der Waals surface area (Å²) < 4.78 is 6.13. The molecule has 4 aromatic rings. The lowest BCUT2D eigenvalue weighted by Gasteiger charge is -2.27. The second kappa shape index (κ2) is 8.59. The van der Waals surface area contributed by atoms with E-state index < -0.39 is 17.7 Å². The standard InChI is InChI=1S/C26H19ClN2O4S/c1-15-7-12-20-21(13-15)34-23(22(20)27)26(32)28(16-8-10-17(33-2)11-9-16)14-29-24(30)18-5-3-4-6-19(18)25(29)31/h3-13H,14H2,1-2H3. The van der Waals surface area contributed by atoms with E-state index >= 15 is 0 Å². The number of benzene rings is 3. The number of halogens is 1. The third kappa shape index (κ3) is 3.63. The van der Waals surface area contributed by atoms with Crippen molar-refractivity contribution in [1.29, 1.82) is 0 Å². The average Bonchev–Trinajstić information content (AvgIpc) is 3.30. The van der Waals surface area contributed by atoms with Crippen LogP contribution < -0.4 is 9.64 Å². The van der Waals surface area contributed by atoms with Gasteiger partial charge in [-0.25, -0.2) is 0 Å². The first kappa shape index (κ1) is 22.1. The van der Waals surface area contributed by atoms with E-state index in [1.807, 2.05) is 25.1 Å². The molecule has 0 spiro atoms. The number of ether oxygens (including phenoxy) is 1. The molecule has 1 aromatic heterocycles. The molecule has 0 N–H and O–H groups in total. The number of carbonyl (C=O) groups excluding carboxylic acids is 3. The lowest BCUT2D eigenvalue weighted by Crippen LogP contribution is -2.44. The minimum atomic E-state index is -0.440. The van der Waals surface area contributed by atoms with Crippen LogP contribution in [0.5, 0.6) is 5.75 Å². The number of aryl methyl sites for hydroxylation is 1. The molecule has 34 heavy (non-hydrogen) atoms. The highest BCUT2D eigenvalue weighted by Gasteiger charge is 2.38. The number of amides is 3. The van der Waals surface area contributed by atoms with Crippen molar-refractivity contribution in [3.63, 3.8) is 0 Å². The first-order valence-electron chi connectivity index (χ1n) is 10.5. The number of thiophene rings is 1. The molecule has 1 aliphatic rings. The van der Waals surface area contributed by atoms with E-state index in [4.69, 9.17) is 16.3 Å². The Morgan fingerprint density at radius 3 is 2.26 bits per heavy atom. The van der Waals surface area contributed by atoms with Gasteiger partial charge in [-0.3, -0.25) is 24.2 Å². The van der Waals surface area contributed by atoms with Gasteiger partial charge in [-0.05, 0) is 55.0 Å². The van der Waals surface area contributed by atoms with E-state index in [9.17, 15) is 14.4 Å². The first-order valence-corrected chi connectivity index (χ1v) is 11.7. The van der Waals surface area contributed by atoms with E-state index in [1.54, 1.807) is 55.6 Å². The van der Waals surface area contributed by atoms with Crippen LogP contribution in [0.15, 0.2) is 66.7 Å². The third-order valence-corrected chi connectivity index (χ3v) is 7.41. The molecule has 3 aromatic carbocycles. The summed E-state index contributed by atoms with van der Waals surface area (Å²) in [5.41, 5.74) is 2.21. The zero-order valence-electron chi connectivity index (χ0n) is 18.4. The fourth-order valence-electron chi connectivity index (χ4n) is 3.97. The molecule has 8 heteroatoms. The average molecular weight is 491 g/mol. The lowest BCUT2D eigenvalue weighted by atomic mass is 10.1. The molecular weight excluding hydrogens is 472 g/mol. The highest BCUT2D eigenvalue weighted by Crippen LogP contribution is 2.38. The monoisotopic (exact) mass is 490 g/mol. The summed E-state index contributed by atoms with van der Waals surface area (Å²) >= 11 is 7.91. The number of fused-ring (bicyclic) bond motifs is 2. The molecule has 6 nitrogen and oxygen atoms in total. The van der Waals surface area contributed by atoms with E-state index in [0.717, 1.165) is 20.5 Å². The molecule has 0 bridgehead atoms. The molecule has 2 heterocycles. The molecule has 0 atom stereocenters. The van der Waals surface area contributed by atoms with E-state index in [-0.39, 0.29) is 6.67 Å². The Morgan fingerprint density at radius 1 is 1.00 bits per heavy atom. The van der Waals surface area contributed by atoms with Crippen molar-refractivity contribution in [2.24, 2.45) is 0 Å². The molecule has 1 aliphatic heterocycles. The topological polar surface area (TPSA) is 66.9 Å². The number of hydrogen-bond acceptors (Lipinski definition) is 5. The molecule has 170 valence electrons. The SMILES string of the molecule is COc1ccc(N(CN2C(=O)c3ccccc3C2=O)C(=O)c2sc3cc(C)ccc3c2Cl)cc1. The van der Waals surface area contributed by atoms with Gasteiger partial charge in [-0.15, -0.1) is 11.3 Å². The van der Waals surface area contributed by atoms with Crippen molar-refractivity contribution in [3.8, 4) is 5.75 Å². The predicted molar refractivity (Wildman–Crippen MR) is 133 cm³/mol.